The molecule has 3 aliphatic carbocycles. The number of allylic oxidation sites excluding steroid dienone is 2. The third-order valence-corrected chi connectivity index (χ3v) is 4.54. The molecular weight excluding hydrogens is 188 g/mol. The van der Waals surface area contributed by atoms with Crippen molar-refractivity contribution < 1.29 is 9.59 Å². The van der Waals surface area contributed by atoms with Gasteiger partial charge in [-0.15, -0.1) is 0 Å². The van der Waals surface area contributed by atoms with Crippen LogP contribution in [-0.4, -0.2) is 11.6 Å². The van der Waals surface area contributed by atoms with E-state index in [1.54, 1.807) is 0 Å². The second-order valence-corrected chi connectivity index (χ2v) is 5.15. The Labute approximate surface area is 89.7 Å². The first-order valence-electron chi connectivity index (χ1n) is 5.96. The number of hydrogen-bond acceptors (Lipinski definition) is 2. The van der Waals surface area contributed by atoms with Gasteiger partial charge in [-0.1, -0.05) is 19.1 Å². The molecule has 3 rings (SSSR count). The van der Waals surface area contributed by atoms with Crippen molar-refractivity contribution in [1.29, 1.82) is 0 Å². The highest BCUT2D eigenvalue weighted by molar-refractivity contribution is 5.94. The first-order valence-corrected chi connectivity index (χ1v) is 5.96. The van der Waals surface area contributed by atoms with Crippen molar-refractivity contribution in [2.45, 2.75) is 26.2 Å². The quantitative estimate of drug-likeness (QED) is 0.645. The van der Waals surface area contributed by atoms with Crippen LogP contribution < -0.4 is 0 Å². The van der Waals surface area contributed by atoms with Crippen molar-refractivity contribution in [1.82, 2.24) is 0 Å². The monoisotopic (exact) mass is 204 g/mol. The van der Waals surface area contributed by atoms with Crippen LogP contribution in [0.2, 0.25) is 0 Å². The van der Waals surface area contributed by atoms with Gasteiger partial charge in [-0.05, 0) is 24.2 Å². The van der Waals surface area contributed by atoms with Crippen molar-refractivity contribution in [3.05, 3.63) is 12.2 Å². The molecule has 0 spiro atoms. The first-order chi connectivity index (χ1) is 7.22. The van der Waals surface area contributed by atoms with E-state index in [2.05, 4.69) is 12.2 Å². The molecule has 2 heteroatoms. The van der Waals surface area contributed by atoms with Gasteiger partial charge in [0.05, 0.1) is 0 Å². The zero-order chi connectivity index (χ0) is 10.6. The maximum absolute atomic E-state index is 11.9. The van der Waals surface area contributed by atoms with Gasteiger partial charge in [0.15, 0.2) is 0 Å². The minimum atomic E-state index is 0.0486. The Balaban J connectivity index is 1.93. The number of rotatable bonds is 2. The molecule has 5 atom stereocenters. The number of hydrogen-bond donors (Lipinski definition) is 0. The lowest BCUT2D eigenvalue weighted by atomic mass is 9.79. The minimum Gasteiger partial charge on any atom is -0.299 e. The van der Waals surface area contributed by atoms with Gasteiger partial charge in [0.25, 0.3) is 0 Å². The fraction of sp³-hybridized carbons (Fsp3) is 0.692. The summed E-state index contributed by atoms with van der Waals surface area (Å²) >= 11 is 0. The number of carbonyl (C=O) groups excluding carboxylic acids is 2. The molecule has 0 aliphatic heterocycles. The fourth-order valence-electron chi connectivity index (χ4n) is 3.94. The van der Waals surface area contributed by atoms with Gasteiger partial charge in [0.2, 0.25) is 0 Å². The maximum Gasteiger partial charge on any atom is 0.137 e. The normalized spacial score (nSPS) is 46.2. The Morgan fingerprint density at radius 1 is 1.40 bits per heavy atom. The molecule has 3 aliphatic rings. The van der Waals surface area contributed by atoms with Crippen molar-refractivity contribution in [2.24, 2.45) is 29.6 Å². The van der Waals surface area contributed by atoms with E-state index in [-0.39, 0.29) is 11.8 Å². The average molecular weight is 204 g/mol. The van der Waals surface area contributed by atoms with Crippen LogP contribution in [0, 0.1) is 29.6 Å². The summed E-state index contributed by atoms with van der Waals surface area (Å²) in [4.78, 5) is 23.7. The third kappa shape index (κ3) is 1.11. The molecule has 0 aromatic carbocycles. The largest absolute Gasteiger partial charge is 0.299 e. The van der Waals surface area contributed by atoms with Gasteiger partial charge in [-0.3, -0.25) is 9.59 Å². The number of ketones is 2. The first kappa shape index (κ1) is 9.32. The molecule has 15 heavy (non-hydrogen) atoms. The zero-order valence-corrected chi connectivity index (χ0v) is 8.98. The number of carbonyl (C=O) groups is 2. The third-order valence-electron chi connectivity index (χ3n) is 4.54. The number of Topliss-reactive ketones (excluding diaryl/α,β-unsaturated/α-hetero) is 2. The summed E-state index contributed by atoms with van der Waals surface area (Å²) in [6, 6.07) is 0. The molecule has 2 fully saturated rings. The van der Waals surface area contributed by atoms with Crippen LogP contribution in [0.4, 0.5) is 0 Å². The molecule has 2 bridgehead atoms. The van der Waals surface area contributed by atoms with Crippen LogP contribution in [0.5, 0.6) is 0 Å². The summed E-state index contributed by atoms with van der Waals surface area (Å²) in [5.41, 5.74) is 0. The Hall–Kier alpha value is -0.920. The Kier molecular flexibility index (Phi) is 1.88. The summed E-state index contributed by atoms with van der Waals surface area (Å²) in [5.74, 6) is 2.24. The molecule has 0 heterocycles. The summed E-state index contributed by atoms with van der Waals surface area (Å²) in [6.07, 6.45) is 6.66. The Bertz CT molecular complexity index is 356. The van der Waals surface area contributed by atoms with Crippen LogP contribution in [0.15, 0.2) is 12.2 Å². The molecule has 0 amide bonds. The second kappa shape index (κ2) is 3.03. The highest BCUT2D eigenvalue weighted by Gasteiger charge is 2.56. The summed E-state index contributed by atoms with van der Waals surface area (Å²) in [5, 5.41) is 0. The van der Waals surface area contributed by atoms with Crippen molar-refractivity contribution >= 4 is 11.6 Å². The van der Waals surface area contributed by atoms with E-state index in [4.69, 9.17) is 0 Å². The number of fused-ring (bicyclic) bond motifs is 5. The maximum atomic E-state index is 11.9. The average Bonchev–Trinajstić information content (AvgIpc) is 2.89. The van der Waals surface area contributed by atoms with Crippen LogP contribution in [-0.2, 0) is 9.59 Å². The van der Waals surface area contributed by atoms with E-state index in [0.717, 1.165) is 6.42 Å². The van der Waals surface area contributed by atoms with Gasteiger partial charge >= 0.3 is 0 Å². The predicted octanol–water partition coefficient (Wildman–Crippen LogP) is 1.99. The van der Waals surface area contributed by atoms with Gasteiger partial charge < -0.3 is 0 Å². The van der Waals surface area contributed by atoms with E-state index in [1.165, 1.54) is 0 Å². The molecular formula is C13H16O2. The van der Waals surface area contributed by atoms with E-state index in [0.29, 0.717) is 42.2 Å². The molecule has 0 aromatic rings. The lowest BCUT2D eigenvalue weighted by Crippen LogP contribution is -2.25. The van der Waals surface area contributed by atoms with Crippen LogP contribution in [0.1, 0.15) is 26.2 Å². The Morgan fingerprint density at radius 2 is 2.13 bits per heavy atom. The molecule has 2 saturated carbocycles. The van der Waals surface area contributed by atoms with Gasteiger partial charge in [0.1, 0.15) is 11.6 Å². The van der Waals surface area contributed by atoms with Crippen LogP contribution >= 0.6 is 0 Å². The SMILES string of the molecule is CCC(=O)C1CC(=O)C2C1[C@H]1C=C[C@@H]2C1. The highest BCUT2D eigenvalue weighted by Crippen LogP contribution is 2.56. The molecule has 0 radical (unpaired) electrons. The molecule has 0 N–H and O–H groups in total. The van der Waals surface area contributed by atoms with Gasteiger partial charge in [-0.25, -0.2) is 0 Å². The van der Waals surface area contributed by atoms with Crippen molar-refractivity contribution in [3.63, 3.8) is 0 Å². The lowest BCUT2D eigenvalue weighted by molar-refractivity contribution is -0.125. The van der Waals surface area contributed by atoms with E-state index < -0.39 is 0 Å². The van der Waals surface area contributed by atoms with Gasteiger partial charge in [-0.2, -0.15) is 0 Å². The molecule has 0 aromatic heterocycles. The van der Waals surface area contributed by atoms with Crippen molar-refractivity contribution in [3.8, 4) is 0 Å². The zero-order valence-electron chi connectivity index (χ0n) is 8.98. The summed E-state index contributed by atoms with van der Waals surface area (Å²) in [6.45, 7) is 1.91. The smallest absolute Gasteiger partial charge is 0.137 e. The molecule has 3 unspecified atom stereocenters. The summed E-state index contributed by atoms with van der Waals surface area (Å²) < 4.78 is 0. The van der Waals surface area contributed by atoms with Crippen LogP contribution in [0.3, 0.4) is 0 Å². The predicted molar refractivity (Wildman–Crippen MR) is 56.1 cm³/mol. The van der Waals surface area contributed by atoms with Crippen molar-refractivity contribution in [2.75, 3.05) is 0 Å². The van der Waals surface area contributed by atoms with Gasteiger partial charge in [0, 0.05) is 24.7 Å². The fourth-order valence-corrected chi connectivity index (χ4v) is 3.94. The molecule has 0 saturated heterocycles. The highest BCUT2D eigenvalue weighted by atomic mass is 16.1. The Morgan fingerprint density at radius 3 is 2.87 bits per heavy atom. The second-order valence-electron chi connectivity index (χ2n) is 5.15. The standard InChI is InChI=1S/C13H16O2/c1-2-10(14)9-6-11(15)13-8-4-3-7(5-8)12(9)13/h3-4,7-9,12-13H,2,5-6H2,1H3/t7-,8+,9?,12?,13?/m0/s1. The lowest BCUT2D eigenvalue weighted by Gasteiger charge is -2.23. The van der Waals surface area contributed by atoms with Crippen LogP contribution in [0.25, 0.3) is 0 Å². The van der Waals surface area contributed by atoms with E-state index in [1.807, 2.05) is 6.92 Å². The summed E-state index contributed by atoms with van der Waals surface area (Å²) in [7, 11) is 0. The molecule has 80 valence electrons. The van der Waals surface area contributed by atoms with E-state index in [9.17, 15) is 9.59 Å². The minimum absolute atomic E-state index is 0.0486. The topological polar surface area (TPSA) is 34.1 Å². The molecule has 2 nitrogen and oxygen atoms in total. The van der Waals surface area contributed by atoms with E-state index >= 15 is 0 Å².